The van der Waals surface area contributed by atoms with Gasteiger partial charge in [-0.25, -0.2) is 0 Å². The molecule has 0 saturated heterocycles. The van der Waals surface area contributed by atoms with E-state index in [2.05, 4.69) is 29.4 Å². The zero-order valence-electron chi connectivity index (χ0n) is 15.8. The molecule has 0 aliphatic carbocycles. The van der Waals surface area contributed by atoms with Crippen molar-refractivity contribution in [1.82, 2.24) is 20.1 Å². The van der Waals surface area contributed by atoms with E-state index in [-0.39, 0.29) is 24.4 Å². The molecule has 0 saturated carbocycles. The van der Waals surface area contributed by atoms with Crippen LogP contribution in [0.15, 0.2) is 54.6 Å². The molecule has 1 atom stereocenters. The Balaban J connectivity index is 1.82. The van der Waals surface area contributed by atoms with E-state index in [1.165, 1.54) is 0 Å². The second-order valence-electron chi connectivity index (χ2n) is 7.01. The van der Waals surface area contributed by atoms with E-state index in [9.17, 15) is 4.79 Å². The minimum atomic E-state index is -0.0936. The fourth-order valence-corrected chi connectivity index (χ4v) is 3.32. The standard InChI is InChI=1S/C21H24N4OS/c1-14(2)19(16-9-5-4-6-10-16)22-18(26)13-25-20(23-24-21(25)27)17-11-7-8-15(3)12-17/h4-12,14,19H,13H2,1-3H3,(H,22,26)(H,24,27). The highest BCUT2D eigenvalue weighted by Gasteiger charge is 2.19. The van der Waals surface area contributed by atoms with Crippen molar-refractivity contribution in [3.05, 3.63) is 70.5 Å². The zero-order chi connectivity index (χ0) is 19.4. The third-order valence-corrected chi connectivity index (χ3v) is 4.79. The normalized spacial score (nSPS) is 12.1. The molecule has 2 N–H and O–H groups in total. The van der Waals surface area contributed by atoms with Gasteiger partial charge in [-0.2, -0.15) is 5.10 Å². The molecule has 0 bridgehead atoms. The van der Waals surface area contributed by atoms with Crippen LogP contribution in [0, 0.1) is 17.6 Å². The SMILES string of the molecule is Cc1cccc(-c2n[nH]c(=S)n2CC(=O)NC(c2ccccc2)C(C)C)c1. The van der Waals surface area contributed by atoms with Gasteiger partial charge in [0.05, 0.1) is 6.04 Å². The third kappa shape index (κ3) is 4.52. The van der Waals surface area contributed by atoms with Gasteiger partial charge in [-0.05, 0) is 36.7 Å². The van der Waals surface area contributed by atoms with Crippen LogP contribution in [0.2, 0.25) is 0 Å². The summed E-state index contributed by atoms with van der Waals surface area (Å²) in [7, 11) is 0. The molecule has 2 aromatic carbocycles. The molecule has 1 aromatic heterocycles. The summed E-state index contributed by atoms with van der Waals surface area (Å²) in [4.78, 5) is 12.8. The summed E-state index contributed by atoms with van der Waals surface area (Å²) in [6, 6.07) is 17.9. The molecule has 0 spiro atoms. The number of carbonyl (C=O) groups is 1. The number of aromatic nitrogens is 3. The van der Waals surface area contributed by atoms with Crippen LogP contribution < -0.4 is 5.32 Å². The molecule has 0 aliphatic rings. The molecule has 1 heterocycles. The monoisotopic (exact) mass is 380 g/mol. The maximum atomic E-state index is 12.8. The van der Waals surface area contributed by atoms with E-state index in [0.717, 1.165) is 16.7 Å². The van der Waals surface area contributed by atoms with Gasteiger partial charge in [-0.15, -0.1) is 0 Å². The summed E-state index contributed by atoms with van der Waals surface area (Å²) in [5.41, 5.74) is 3.15. The van der Waals surface area contributed by atoms with Crippen molar-refractivity contribution in [1.29, 1.82) is 0 Å². The maximum Gasteiger partial charge on any atom is 0.240 e. The van der Waals surface area contributed by atoms with Crippen LogP contribution in [0.25, 0.3) is 11.4 Å². The number of hydrogen-bond acceptors (Lipinski definition) is 3. The summed E-state index contributed by atoms with van der Waals surface area (Å²) in [5.74, 6) is 0.841. The number of benzene rings is 2. The maximum absolute atomic E-state index is 12.8. The topological polar surface area (TPSA) is 62.7 Å². The molecule has 0 radical (unpaired) electrons. The Hall–Kier alpha value is -2.73. The van der Waals surface area contributed by atoms with Crippen LogP contribution in [-0.4, -0.2) is 20.7 Å². The van der Waals surface area contributed by atoms with Crippen molar-refractivity contribution in [3.63, 3.8) is 0 Å². The van der Waals surface area contributed by atoms with Crippen LogP contribution in [0.1, 0.15) is 31.0 Å². The Kier molecular flexibility index (Phi) is 5.86. The van der Waals surface area contributed by atoms with Gasteiger partial charge in [0.1, 0.15) is 6.54 Å². The number of rotatable bonds is 6. The van der Waals surface area contributed by atoms with Gasteiger partial charge in [0.25, 0.3) is 0 Å². The predicted octanol–water partition coefficient (Wildman–Crippen LogP) is 4.43. The van der Waals surface area contributed by atoms with Gasteiger partial charge < -0.3 is 5.32 Å². The van der Waals surface area contributed by atoms with Crippen LogP contribution in [-0.2, 0) is 11.3 Å². The van der Waals surface area contributed by atoms with Crippen LogP contribution >= 0.6 is 12.2 Å². The van der Waals surface area contributed by atoms with Gasteiger partial charge in [-0.3, -0.25) is 14.5 Å². The highest BCUT2D eigenvalue weighted by atomic mass is 32.1. The highest BCUT2D eigenvalue weighted by molar-refractivity contribution is 7.71. The van der Waals surface area contributed by atoms with E-state index in [4.69, 9.17) is 12.2 Å². The van der Waals surface area contributed by atoms with Gasteiger partial charge in [0.2, 0.25) is 5.91 Å². The molecule has 0 aliphatic heterocycles. The van der Waals surface area contributed by atoms with E-state index >= 15 is 0 Å². The number of H-pyrrole nitrogens is 1. The van der Waals surface area contributed by atoms with Crippen LogP contribution in [0.5, 0.6) is 0 Å². The predicted molar refractivity (Wildman–Crippen MR) is 110 cm³/mol. The van der Waals surface area contributed by atoms with Gasteiger partial charge in [0.15, 0.2) is 10.6 Å². The first-order valence-corrected chi connectivity index (χ1v) is 9.43. The molecule has 27 heavy (non-hydrogen) atoms. The fourth-order valence-electron chi connectivity index (χ4n) is 3.13. The number of hydrogen-bond donors (Lipinski definition) is 2. The van der Waals surface area contributed by atoms with Crippen molar-refractivity contribution in [2.45, 2.75) is 33.4 Å². The second kappa shape index (κ2) is 8.31. The Bertz CT molecular complexity index is 975. The van der Waals surface area contributed by atoms with Gasteiger partial charge >= 0.3 is 0 Å². The zero-order valence-corrected chi connectivity index (χ0v) is 16.6. The van der Waals surface area contributed by atoms with Crippen molar-refractivity contribution < 1.29 is 4.79 Å². The Morgan fingerprint density at radius 3 is 2.59 bits per heavy atom. The van der Waals surface area contributed by atoms with E-state index in [1.54, 1.807) is 4.57 Å². The molecule has 3 aromatic rings. The first-order valence-electron chi connectivity index (χ1n) is 9.02. The van der Waals surface area contributed by atoms with E-state index in [0.29, 0.717) is 10.6 Å². The molecule has 0 fully saturated rings. The summed E-state index contributed by atoms with van der Waals surface area (Å²) in [6.07, 6.45) is 0. The lowest BCUT2D eigenvalue weighted by Crippen LogP contribution is -2.34. The third-order valence-electron chi connectivity index (χ3n) is 4.48. The number of nitrogens with zero attached hydrogens (tertiary/aromatic N) is 2. The van der Waals surface area contributed by atoms with Crippen molar-refractivity contribution >= 4 is 18.1 Å². The number of aryl methyl sites for hydroxylation is 1. The number of carbonyl (C=O) groups excluding carboxylic acids is 1. The first kappa shape index (κ1) is 19.0. The molecule has 3 rings (SSSR count). The molecular formula is C21H24N4OS. The molecule has 140 valence electrons. The van der Waals surface area contributed by atoms with Gasteiger partial charge in [0, 0.05) is 5.56 Å². The average molecular weight is 381 g/mol. The lowest BCUT2D eigenvalue weighted by molar-refractivity contribution is -0.122. The molecule has 6 heteroatoms. The Labute approximate surface area is 164 Å². The summed E-state index contributed by atoms with van der Waals surface area (Å²) in [5, 5.41) is 10.3. The lowest BCUT2D eigenvalue weighted by Gasteiger charge is -2.23. The lowest BCUT2D eigenvalue weighted by atomic mass is 9.96. The molecule has 5 nitrogen and oxygen atoms in total. The van der Waals surface area contributed by atoms with Crippen molar-refractivity contribution in [2.24, 2.45) is 5.92 Å². The minimum absolute atomic E-state index is 0.0535. The first-order chi connectivity index (χ1) is 13.0. The Morgan fingerprint density at radius 2 is 1.93 bits per heavy atom. The largest absolute Gasteiger partial charge is 0.347 e. The molecular weight excluding hydrogens is 356 g/mol. The van der Waals surface area contributed by atoms with Crippen molar-refractivity contribution in [2.75, 3.05) is 0 Å². The Morgan fingerprint density at radius 1 is 1.19 bits per heavy atom. The minimum Gasteiger partial charge on any atom is -0.347 e. The average Bonchev–Trinajstić information content (AvgIpc) is 3.01. The van der Waals surface area contributed by atoms with Crippen LogP contribution in [0.4, 0.5) is 0 Å². The molecule has 1 amide bonds. The fraction of sp³-hybridized carbons (Fsp3) is 0.286. The highest BCUT2D eigenvalue weighted by Crippen LogP contribution is 2.22. The smallest absolute Gasteiger partial charge is 0.240 e. The van der Waals surface area contributed by atoms with E-state index < -0.39 is 0 Å². The summed E-state index contributed by atoms with van der Waals surface area (Å²) in [6.45, 7) is 6.34. The quantitative estimate of drug-likeness (QED) is 0.622. The summed E-state index contributed by atoms with van der Waals surface area (Å²) < 4.78 is 2.17. The van der Waals surface area contributed by atoms with Gasteiger partial charge in [-0.1, -0.05) is 67.9 Å². The van der Waals surface area contributed by atoms with E-state index in [1.807, 2.05) is 61.5 Å². The summed E-state index contributed by atoms with van der Waals surface area (Å²) >= 11 is 5.35. The number of aromatic amines is 1. The number of amides is 1. The molecule has 1 unspecified atom stereocenters. The second-order valence-corrected chi connectivity index (χ2v) is 7.39. The van der Waals surface area contributed by atoms with Crippen LogP contribution in [0.3, 0.4) is 0 Å². The number of nitrogens with one attached hydrogen (secondary N) is 2. The van der Waals surface area contributed by atoms with Crippen molar-refractivity contribution in [3.8, 4) is 11.4 Å².